The first-order valence-electron chi connectivity index (χ1n) is 6.91. The molecule has 0 saturated heterocycles. The van der Waals surface area contributed by atoms with Gasteiger partial charge in [0, 0.05) is 11.4 Å². The van der Waals surface area contributed by atoms with E-state index in [-0.39, 0.29) is 29.5 Å². The summed E-state index contributed by atoms with van der Waals surface area (Å²) in [6, 6.07) is 5.12. The lowest BCUT2D eigenvalue weighted by atomic mass is 10.3. The summed E-state index contributed by atoms with van der Waals surface area (Å²) in [7, 11) is 0. The van der Waals surface area contributed by atoms with Gasteiger partial charge in [-0.1, -0.05) is 12.1 Å². The Morgan fingerprint density at radius 3 is 2.79 bits per heavy atom. The highest BCUT2D eigenvalue weighted by Gasteiger charge is 2.16. The van der Waals surface area contributed by atoms with Crippen LogP contribution in [0.1, 0.15) is 12.6 Å². The van der Waals surface area contributed by atoms with Gasteiger partial charge in [0.05, 0.1) is 23.6 Å². The zero-order valence-electron chi connectivity index (χ0n) is 12.6. The lowest BCUT2D eigenvalue weighted by Gasteiger charge is -2.05. The number of ether oxygens (including phenoxy) is 1. The highest BCUT2D eigenvalue weighted by Crippen LogP contribution is 2.23. The molecule has 0 spiro atoms. The lowest BCUT2D eigenvalue weighted by Crippen LogP contribution is -2.20. The Labute approximate surface area is 140 Å². The number of nitrogens with zero attached hydrogens (tertiary/aromatic N) is 2. The van der Waals surface area contributed by atoms with Gasteiger partial charge in [-0.15, -0.1) is 11.3 Å². The molecule has 9 nitrogen and oxygen atoms in total. The van der Waals surface area contributed by atoms with Gasteiger partial charge in [0.15, 0.2) is 5.13 Å². The van der Waals surface area contributed by atoms with Crippen molar-refractivity contribution < 1.29 is 19.2 Å². The molecule has 1 aromatic heterocycles. The van der Waals surface area contributed by atoms with Gasteiger partial charge in [-0.05, 0) is 13.0 Å². The van der Waals surface area contributed by atoms with Crippen LogP contribution in [0.2, 0.25) is 0 Å². The number of hydrogen-bond acceptors (Lipinski definition) is 7. The van der Waals surface area contributed by atoms with Gasteiger partial charge >= 0.3 is 12.0 Å². The van der Waals surface area contributed by atoms with Gasteiger partial charge in [0.1, 0.15) is 5.69 Å². The van der Waals surface area contributed by atoms with Gasteiger partial charge in [0.25, 0.3) is 5.69 Å². The summed E-state index contributed by atoms with van der Waals surface area (Å²) in [6.07, 6.45) is 0.0117. The van der Waals surface area contributed by atoms with Crippen LogP contribution in [0.3, 0.4) is 0 Å². The number of nitro groups is 1. The fourth-order valence-electron chi connectivity index (χ4n) is 1.79. The number of carbonyl (C=O) groups is 2. The van der Waals surface area contributed by atoms with Crippen LogP contribution in [-0.2, 0) is 16.0 Å². The third-order valence-corrected chi connectivity index (χ3v) is 3.56. The van der Waals surface area contributed by atoms with E-state index in [1.54, 1.807) is 18.4 Å². The molecular formula is C14H14N4O5S. The molecule has 0 aliphatic rings. The smallest absolute Gasteiger partial charge is 0.325 e. The van der Waals surface area contributed by atoms with Crippen LogP contribution in [0.15, 0.2) is 29.6 Å². The third kappa shape index (κ3) is 4.74. The predicted octanol–water partition coefficient (Wildman–Crippen LogP) is 2.80. The third-order valence-electron chi connectivity index (χ3n) is 2.75. The molecule has 1 aromatic carbocycles. The standard InChI is InChI=1S/C14H14N4O5S/c1-2-23-12(19)7-9-8-24-14(15-9)17-13(20)16-10-5-3-4-6-11(10)18(21)22/h3-6,8H,2,7H2,1H3,(H2,15,16,17,20). The number of nitrogens with one attached hydrogen (secondary N) is 2. The van der Waals surface area contributed by atoms with Crippen LogP contribution in [-0.4, -0.2) is 28.5 Å². The van der Waals surface area contributed by atoms with E-state index < -0.39 is 16.9 Å². The summed E-state index contributed by atoms with van der Waals surface area (Å²) in [5.41, 5.74) is 0.331. The second kappa shape index (κ2) is 8.02. The Bertz CT molecular complexity index is 761. The number of urea groups is 1. The van der Waals surface area contributed by atoms with E-state index >= 15 is 0 Å². The van der Waals surface area contributed by atoms with E-state index in [9.17, 15) is 19.7 Å². The number of rotatable bonds is 6. The number of nitro benzene ring substituents is 1. The van der Waals surface area contributed by atoms with E-state index in [1.807, 2.05) is 0 Å². The number of thiazole rings is 1. The summed E-state index contributed by atoms with van der Waals surface area (Å²) >= 11 is 1.13. The Morgan fingerprint density at radius 2 is 2.08 bits per heavy atom. The normalized spacial score (nSPS) is 10.0. The molecule has 10 heteroatoms. The van der Waals surface area contributed by atoms with Gasteiger partial charge in [-0.2, -0.15) is 0 Å². The lowest BCUT2D eigenvalue weighted by molar-refractivity contribution is -0.383. The largest absolute Gasteiger partial charge is 0.466 e. The van der Waals surface area contributed by atoms with E-state index in [4.69, 9.17) is 4.74 Å². The van der Waals surface area contributed by atoms with Gasteiger partial charge in [-0.3, -0.25) is 20.2 Å². The molecule has 2 rings (SSSR count). The maximum absolute atomic E-state index is 11.9. The van der Waals surface area contributed by atoms with Crippen molar-refractivity contribution in [2.24, 2.45) is 0 Å². The van der Waals surface area contributed by atoms with Crippen LogP contribution < -0.4 is 10.6 Å². The first-order chi connectivity index (χ1) is 11.5. The molecule has 0 aliphatic carbocycles. The van der Waals surface area contributed by atoms with E-state index in [2.05, 4.69) is 15.6 Å². The number of aromatic nitrogens is 1. The van der Waals surface area contributed by atoms with Crippen molar-refractivity contribution in [3.63, 3.8) is 0 Å². The van der Waals surface area contributed by atoms with Crippen LogP contribution in [0.4, 0.5) is 21.3 Å². The molecule has 2 amide bonds. The van der Waals surface area contributed by atoms with Gasteiger partial charge < -0.3 is 10.1 Å². The highest BCUT2D eigenvalue weighted by atomic mass is 32.1. The van der Waals surface area contributed by atoms with E-state index in [0.717, 1.165) is 11.3 Å². The van der Waals surface area contributed by atoms with E-state index in [0.29, 0.717) is 5.69 Å². The monoisotopic (exact) mass is 350 g/mol. The van der Waals surface area contributed by atoms with Crippen molar-refractivity contribution in [3.8, 4) is 0 Å². The van der Waals surface area contributed by atoms with Crippen LogP contribution in [0, 0.1) is 10.1 Å². The average molecular weight is 350 g/mol. The number of esters is 1. The maximum Gasteiger partial charge on any atom is 0.325 e. The fourth-order valence-corrected chi connectivity index (χ4v) is 2.50. The number of benzene rings is 1. The Morgan fingerprint density at radius 1 is 1.33 bits per heavy atom. The molecule has 2 N–H and O–H groups in total. The van der Waals surface area contributed by atoms with Crippen LogP contribution >= 0.6 is 11.3 Å². The predicted molar refractivity (Wildman–Crippen MR) is 88.2 cm³/mol. The van der Waals surface area contributed by atoms with Crippen molar-refractivity contribution >= 4 is 39.8 Å². The highest BCUT2D eigenvalue weighted by molar-refractivity contribution is 7.13. The van der Waals surface area contributed by atoms with E-state index in [1.165, 1.54) is 18.2 Å². The first kappa shape index (κ1) is 17.3. The molecular weight excluding hydrogens is 336 g/mol. The summed E-state index contributed by atoms with van der Waals surface area (Å²) < 4.78 is 4.81. The molecule has 24 heavy (non-hydrogen) atoms. The molecule has 0 saturated carbocycles. The minimum Gasteiger partial charge on any atom is -0.466 e. The second-order valence-corrected chi connectivity index (χ2v) is 5.34. The number of para-hydroxylation sites is 2. The second-order valence-electron chi connectivity index (χ2n) is 4.48. The Kier molecular flexibility index (Phi) is 5.79. The van der Waals surface area contributed by atoms with Crippen molar-refractivity contribution in [3.05, 3.63) is 45.5 Å². The zero-order chi connectivity index (χ0) is 17.5. The minimum atomic E-state index is -0.665. The van der Waals surface area contributed by atoms with Crippen molar-refractivity contribution in [2.75, 3.05) is 17.2 Å². The molecule has 0 atom stereocenters. The molecule has 0 radical (unpaired) electrons. The number of carbonyl (C=O) groups excluding carboxylic acids is 2. The van der Waals surface area contributed by atoms with Crippen molar-refractivity contribution in [1.82, 2.24) is 4.98 Å². The number of amides is 2. The molecule has 126 valence electrons. The molecule has 0 bridgehead atoms. The molecule has 1 heterocycles. The Balaban J connectivity index is 1.97. The quantitative estimate of drug-likeness (QED) is 0.469. The summed E-state index contributed by atoms with van der Waals surface area (Å²) in [6.45, 7) is 1.99. The topological polar surface area (TPSA) is 123 Å². The summed E-state index contributed by atoms with van der Waals surface area (Å²) in [5.74, 6) is -0.404. The Hall–Kier alpha value is -3.01. The minimum absolute atomic E-state index is 0.0117. The zero-order valence-corrected chi connectivity index (χ0v) is 13.5. The fraction of sp³-hybridized carbons (Fsp3) is 0.214. The van der Waals surface area contributed by atoms with Gasteiger partial charge in [0.2, 0.25) is 0 Å². The van der Waals surface area contributed by atoms with Crippen molar-refractivity contribution in [2.45, 2.75) is 13.3 Å². The average Bonchev–Trinajstić information content (AvgIpc) is 2.94. The molecule has 0 aliphatic heterocycles. The van der Waals surface area contributed by atoms with Crippen molar-refractivity contribution in [1.29, 1.82) is 0 Å². The van der Waals surface area contributed by atoms with Crippen LogP contribution in [0.5, 0.6) is 0 Å². The summed E-state index contributed by atoms with van der Waals surface area (Å²) in [5, 5.41) is 17.7. The maximum atomic E-state index is 11.9. The van der Waals surface area contributed by atoms with Gasteiger partial charge in [-0.25, -0.2) is 9.78 Å². The molecule has 2 aromatic rings. The first-order valence-corrected chi connectivity index (χ1v) is 7.79. The number of anilines is 2. The molecule has 0 fully saturated rings. The van der Waals surface area contributed by atoms with Crippen LogP contribution in [0.25, 0.3) is 0 Å². The number of hydrogen-bond donors (Lipinski definition) is 2. The SMILES string of the molecule is CCOC(=O)Cc1csc(NC(=O)Nc2ccccc2[N+](=O)[O-])n1. The molecule has 0 unspecified atom stereocenters. The summed E-state index contributed by atoms with van der Waals surface area (Å²) in [4.78, 5) is 37.7.